The second-order valence-corrected chi connectivity index (χ2v) is 17.6. The van der Waals surface area contributed by atoms with Crippen molar-refractivity contribution in [2.24, 2.45) is 0 Å². The summed E-state index contributed by atoms with van der Waals surface area (Å²) in [6, 6.07) is 20.8. The third-order valence-corrected chi connectivity index (χ3v) is 13.3. The monoisotopic (exact) mass is 874 g/mol. The van der Waals surface area contributed by atoms with Crippen LogP contribution in [-0.2, 0) is 41.7 Å². The maximum Gasteiger partial charge on any atom is 0.267 e. The molecule has 340 valence electrons. The molecule has 14 heteroatoms. The quantitative estimate of drug-likeness (QED) is 0.0375. The summed E-state index contributed by atoms with van der Waals surface area (Å²) >= 11 is 0. The van der Waals surface area contributed by atoms with Crippen molar-refractivity contribution in [3.8, 4) is 0 Å². The summed E-state index contributed by atoms with van der Waals surface area (Å²) in [5.41, 5.74) is 7.28. The number of carbonyl (C=O) groups is 5. The van der Waals surface area contributed by atoms with Gasteiger partial charge in [0.15, 0.2) is 6.29 Å². The van der Waals surface area contributed by atoms with Crippen LogP contribution in [0.15, 0.2) is 79.0 Å². The number of ether oxygens (including phenoxy) is 2. The first-order valence-corrected chi connectivity index (χ1v) is 22.8. The summed E-state index contributed by atoms with van der Waals surface area (Å²) in [4.78, 5) is 76.2. The summed E-state index contributed by atoms with van der Waals surface area (Å²) in [7, 11) is 0. The Balaban J connectivity index is 0.977. The normalized spacial score (nSPS) is 19.8. The molecule has 2 fully saturated rings. The van der Waals surface area contributed by atoms with Crippen molar-refractivity contribution in [3.05, 3.63) is 107 Å². The van der Waals surface area contributed by atoms with Crippen molar-refractivity contribution < 1.29 is 38.3 Å². The molecule has 2 saturated heterocycles. The number of aromatic nitrogens is 1. The van der Waals surface area contributed by atoms with Crippen LogP contribution in [0.4, 0.5) is 5.69 Å². The zero-order valence-corrected chi connectivity index (χ0v) is 37.5. The summed E-state index contributed by atoms with van der Waals surface area (Å²) in [5, 5.41) is 6.88. The lowest BCUT2D eigenvalue weighted by molar-refractivity contribution is -0.198. The SMILES string of the molecule is CCC(C)(CCNc1cccc2c1C(=O)N(C1CCC(=O)NC1=O)C2=O)OCCC(C)(CC)N(CCc1c[nH]c2ccccc12)Cc1ccc(/C=C/C(=O)NOC2CCCCO2)cc1. The van der Waals surface area contributed by atoms with Crippen LogP contribution in [0.3, 0.4) is 0 Å². The van der Waals surface area contributed by atoms with Gasteiger partial charge in [0.05, 0.1) is 16.7 Å². The molecule has 4 heterocycles. The van der Waals surface area contributed by atoms with E-state index < -0.39 is 41.6 Å². The zero-order chi connectivity index (χ0) is 45.3. The number of amides is 5. The Bertz CT molecular complexity index is 2340. The van der Waals surface area contributed by atoms with Crippen LogP contribution in [0.25, 0.3) is 17.0 Å². The van der Waals surface area contributed by atoms with E-state index in [4.69, 9.17) is 14.3 Å². The number of hydrogen-bond donors (Lipinski definition) is 4. The number of H-pyrrole nitrogens is 1. The second-order valence-electron chi connectivity index (χ2n) is 17.6. The number of rotatable bonds is 21. The van der Waals surface area contributed by atoms with Crippen molar-refractivity contribution in [1.82, 2.24) is 25.6 Å². The Morgan fingerprint density at radius 3 is 2.52 bits per heavy atom. The molecule has 0 spiro atoms. The van der Waals surface area contributed by atoms with Gasteiger partial charge in [-0.25, -0.2) is 10.3 Å². The number of benzene rings is 3. The van der Waals surface area contributed by atoms with Gasteiger partial charge in [0.1, 0.15) is 6.04 Å². The fourth-order valence-corrected chi connectivity index (χ4v) is 8.77. The topological polar surface area (TPSA) is 171 Å². The van der Waals surface area contributed by atoms with E-state index >= 15 is 0 Å². The van der Waals surface area contributed by atoms with E-state index in [2.05, 4.69) is 90.2 Å². The molecule has 4 atom stereocenters. The highest BCUT2D eigenvalue weighted by Crippen LogP contribution is 2.34. The molecule has 14 nitrogen and oxygen atoms in total. The largest absolute Gasteiger partial charge is 0.384 e. The number of piperidine rings is 1. The maximum absolute atomic E-state index is 13.6. The predicted octanol–water partition coefficient (Wildman–Crippen LogP) is 7.45. The smallest absolute Gasteiger partial charge is 0.267 e. The highest BCUT2D eigenvalue weighted by atomic mass is 16.8. The Kier molecular flexibility index (Phi) is 15.1. The average Bonchev–Trinajstić information content (AvgIpc) is 3.84. The number of carbonyl (C=O) groups excluding carboxylic acids is 5. The molecular weight excluding hydrogens is 813 g/mol. The van der Waals surface area contributed by atoms with Crippen LogP contribution in [0.1, 0.15) is 123 Å². The maximum atomic E-state index is 13.6. The lowest BCUT2D eigenvalue weighted by atomic mass is 9.90. The summed E-state index contributed by atoms with van der Waals surface area (Å²) in [6.07, 6.45) is 11.9. The molecule has 4 aromatic rings. The lowest BCUT2D eigenvalue weighted by Gasteiger charge is -2.42. The average molecular weight is 875 g/mol. The minimum atomic E-state index is -1.02. The van der Waals surface area contributed by atoms with Gasteiger partial charge in [-0.1, -0.05) is 62.4 Å². The molecule has 3 aliphatic heterocycles. The molecule has 0 bridgehead atoms. The first kappa shape index (κ1) is 46.3. The molecule has 1 aromatic heterocycles. The number of imide groups is 2. The Labute approximate surface area is 375 Å². The van der Waals surface area contributed by atoms with E-state index in [-0.39, 0.29) is 35.4 Å². The molecule has 4 N–H and O–H groups in total. The van der Waals surface area contributed by atoms with Crippen molar-refractivity contribution in [3.63, 3.8) is 0 Å². The Hall–Kier alpha value is -5.67. The number of aromatic amines is 1. The standard InChI is InChI=1S/C50H62N6O8/c1-5-49(3,27-31-63-50(4,6-2)26-28-51-40-15-11-13-38-45(40)48(61)56(47(38)60)41-22-24-42(57)53-46(41)59)55(29-25-36-32-52-39-14-8-7-12-37(36)39)33-35-19-17-34(18-20-35)21-23-43(58)54-64-44-16-9-10-30-62-44/h7-8,11-15,17-21,23,32,41,44,51-52H,5-6,9-10,16,22,24-31,33H2,1-4H3,(H,54,58)(H,53,57,59)/b23-21+. The van der Waals surface area contributed by atoms with E-state index in [0.717, 1.165) is 79.6 Å². The van der Waals surface area contributed by atoms with Crippen molar-refractivity contribution in [1.29, 1.82) is 0 Å². The van der Waals surface area contributed by atoms with Crippen LogP contribution in [-0.4, -0.2) is 94.1 Å². The minimum absolute atomic E-state index is 0.0642. The van der Waals surface area contributed by atoms with Crippen LogP contribution < -0.4 is 16.1 Å². The van der Waals surface area contributed by atoms with Crippen molar-refractivity contribution in [2.75, 3.05) is 31.6 Å². The van der Waals surface area contributed by atoms with Gasteiger partial charge >= 0.3 is 0 Å². The Morgan fingerprint density at radius 2 is 1.77 bits per heavy atom. The van der Waals surface area contributed by atoms with Gasteiger partial charge in [-0.3, -0.25) is 39.1 Å². The van der Waals surface area contributed by atoms with Gasteiger partial charge in [-0.05, 0) is 106 Å². The van der Waals surface area contributed by atoms with Crippen LogP contribution >= 0.6 is 0 Å². The third kappa shape index (κ3) is 11.0. The lowest BCUT2D eigenvalue weighted by Crippen LogP contribution is -2.54. The van der Waals surface area contributed by atoms with Crippen LogP contribution in [0.5, 0.6) is 0 Å². The predicted molar refractivity (Wildman–Crippen MR) is 245 cm³/mol. The van der Waals surface area contributed by atoms with Crippen molar-refractivity contribution >= 4 is 52.2 Å². The van der Waals surface area contributed by atoms with Gasteiger partial charge in [0, 0.05) is 80.1 Å². The number of hydrogen-bond acceptors (Lipinski definition) is 10. The van der Waals surface area contributed by atoms with Gasteiger partial charge in [-0.2, -0.15) is 0 Å². The number of para-hydroxylation sites is 1. The summed E-state index contributed by atoms with van der Waals surface area (Å²) < 4.78 is 12.3. The highest BCUT2D eigenvalue weighted by molar-refractivity contribution is 6.25. The molecule has 4 unspecified atom stereocenters. The number of anilines is 1. The van der Waals surface area contributed by atoms with E-state index in [9.17, 15) is 24.0 Å². The van der Waals surface area contributed by atoms with Crippen molar-refractivity contribution in [2.45, 2.75) is 122 Å². The molecule has 5 amide bonds. The van der Waals surface area contributed by atoms with Gasteiger partial charge < -0.3 is 19.8 Å². The first-order chi connectivity index (χ1) is 30.9. The van der Waals surface area contributed by atoms with E-state index in [0.29, 0.717) is 31.9 Å². The van der Waals surface area contributed by atoms with Gasteiger partial charge in [0.25, 0.3) is 17.7 Å². The molecule has 7 rings (SSSR count). The van der Waals surface area contributed by atoms with Gasteiger partial charge in [-0.15, -0.1) is 0 Å². The van der Waals surface area contributed by atoms with Crippen LogP contribution in [0.2, 0.25) is 0 Å². The van der Waals surface area contributed by atoms with Crippen LogP contribution in [0, 0.1) is 0 Å². The number of nitrogens with one attached hydrogen (secondary N) is 4. The number of nitrogens with zero attached hydrogens (tertiary/aromatic N) is 2. The zero-order valence-electron chi connectivity index (χ0n) is 37.5. The molecule has 64 heavy (non-hydrogen) atoms. The number of fused-ring (bicyclic) bond motifs is 2. The summed E-state index contributed by atoms with van der Waals surface area (Å²) in [5.74, 6) is -2.45. The fraction of sp³-hybridized carbons (Fsp3) is 0.460. The minimum Gasteiger partial charge on any atom is -0.384 e. The first-order valence-electron chi connectivity index (χ1n) is 22.8. The van der Waals surface area contributed by atoms with E-state index in [1.807, 2.05) is 18.2 Å². The second kappa shape index (κ2) is 20.9. The fourth-order valence-electron chi connectivity index (χ4n) is 8.77. The van der Waals surface area contributed by atoms with E-state index in [1.165, 1.54) is 17.0 Å². The van der Waals surface area contributed by atoms with Gasteiger partial charge in [0.2, 0.25) is 11.8 Å². The summed E-state index contributed by atoms with van der Waals surface area (Å²) in [6.45, 7) is 12.0. The molecule has 3 aromatic carbocycles. The Morgan fingerprint density at radius 1 is 0.953 bits per heavy atom. The molecule has 0 aliphatic carbocycles. The molecule has 0 radical (unpaired) electrons. The molecule has 0 saturated carbocycles. The third-order valence-electron chi connectivity index (χ3n) is 13.3. The molecule has 3 aliphatic rings. The molecular formula is C50H62N6O8. The highest BCUT2D eigenvalue weighted by Gasteiger charge is 2.45. The van der Waals surface area contributed by atoms with E-state index in [1.54, 1.807) is 24.3 Å². The number of hydroxylamine groups is 1.